The highest BCUT2D eigenvalue weighted by Crippen LogP contribution is 2.66. The Balaban J connectivity index is 2.32. The Bertz CT molecular complexity index is 1230. The van der Waals surface area contributed by atoms with Crippen molar-refractivity contribution in [1.29, 1.82) is 0 Å². The van der Waals surface area contributed by atoms with E-state index in [0.717, 1.165) is 0 Å². The molecule has 0 bridgehead atoms. The fourth-order valence-electron chi connectivity index (χ4n) is 2.43. The first-order valence-corrected chi connectivity index (χ1v) is 12.7. The summed E-state index contributed by atoms with van der Waals surface area (Å²) in [7, 11) is -17.3. The lowest BCUT2D eigenvalue weighted by molar-refractivity contribution is -0.123. The second kappa shape index (κ2) is 9.71. The van der Waals surface area contributed by atoms with Crippen molar-refractivity contribution < 1.29 is 65.8 Å². The molecule has 0 aromatic carbocycles. The minimum atomic E-state index is -5.90. The van der Waals surface area contributed by atoms with Crippen molar-refractivity contribution in [1.82, 2.24) is 9.55 Å². The smallest absolute Gasteiger partial charge is 0.387 e. The Morgan fingerprint density at radius 3 is 2.42 bits per heavy atom. The number of H-pyrrole nitrogens is 1. The number of phosphoric acid groups is 3. The molecule has 0 amide bonds. The highest BCUT2D eigenvalue weighted by Gasteiger charge is 2.56. The summed E-state index contributed by atoms with van der Waals surface area (Å²) in [5, 5.41) is 23.5. The van der Waals surface area contributed by atoms with E-state index in [1.807, 2.05) is 4.98 Å². The monoisotopic (exact) mass is 559 g/mol. The molecular formula is C9H13FN5O14P3S. The van der Waals surface area contributed by atoms with E-state index in [4.69, 9.17) is 24.9 Å². The zero-order valence-corrected chi connectivity index (χ0v) is 18.9. The van der Waals surface area contributed by atoms with Crippen molar-refractivity contribution in [2.24, 2.45) is 5.11 Å². The molecule has 24 heteroatoms. The van der Waals surface area contributed by atoms with Gasteiger partial charge in [0.15, 0.2) is 12.0 Å². The maximum absolute atomic E-state index is 13.8. The molecule has 186 valence electrons. The van der Waals surface area contributed by atoms with E-state index in [0.29, 0.717) is 10.8 Å². The number of azide groups is 1. The van der Waals surface area contributed by atoms with E-state index in [-0.39, 0.29) is 0 Å². The Labute approximate surface area is 185 Å². The zero-order chi connectivity index (χ0) is 25.4. The van der Waals surface area contributed by atoms with Crippen LogP contribution in [0.2, 0.25) is 0 Å². The summed E-state index contributed by atoms with van der Waals surface area (Å²) < 4.78 is 63.7. The third-order valence-corrected chi connectivity index (χ3v) is 7.75. The van der Waals surface area contributed by atoms with Gasteiger partial charge in [0.1, 0.15) is 16.8 Å². The van der Waals surface area contributed by atoms with Crippen LogP contribution in [0, 0.1) is 10.5 Å². The molecule has 2 heterocycles. The van der Waals surface area contributed by atoms with Gasteiger partial charge >= 0.3 is 29.2 Å². The van der Waals surface area contributed by atoms with E-state index in [1.165, 1.54) is 0 Å². The first-order valence-electron chi connectivity index (χ1n) is 7.81. The van der Waals surface area contributed by atoms with Crippen LogP contribution in [0.4, 0.5) is 4.39 Å². The van der Waals surface area contributed by atoms with Crippen LogP contribution in [0.3, 0.4) is 0 Å². The summed E-state index contributed by atoms with van der Waals surface area (Å²) in [6, 6.07) is 0. The molecule has 7 N–H and O–H groups in total. The SMILES string of the molecule is [N-]=[N+]=NC1(COP(=O)(O)OP(=O)(O)OP(=O)(O)O)O[C@@H](n2cc(F)c(=S)[nH]c2=O)[C@@H](O)C1O. The van der Waals surface area contributed by atoms with Crippen molar-refractivity contribution in [3.05, 3.63) is 37.6 Å². The van der Waals surface area contributed by atoms with E-state index >= 15 is 0 Å². The lowest BCUT2D eigenvalue weighted by atomic mass is 10.1. The molecule has 1 fully saturated rings. The summed E-state index contributed by atoms with van der Waals surface area (Å²) >= 11 is 4.51. The van der Waals surface area contributed by atoms with Crippen LogP contribution in [0.25, 0.3) is 10.4 Å². The van der Waals surface area contributed by atoms with Crippen molar-refractivity contribution in [3.63, 3.8) is 0 Å². The Morgan fingerprint density at radius 1 is 1.27 bits per heavy atom. The second-order valence-corrected chi connectivity index (χ2v) is 10.8. The average molecular weight is 559 g/mol. The summed E-state index contributed by atoms with van der Waals surface area (Å²) in [6.07, 6.45) is -5.98. The quantitative estimate of drug-likeness (QED) is 0.0668. The van der Waals surface area contributed by atoms with E-state index in [1.54, 1.807) is 0 Å². The van der Waals surface area contributed by atoms with Gasteiger partial charge in [0.2, 0.25) is 5.72 Å². The van der Waals surface area contributed by atoms with Crippen molar-refractivity contribution >= 4 is 35.7 Å². The van der Waals surface area contributed by atoms with E-state index in [2.05, 4.69) is 35.4 Å². The number of ether oxygens (including phenoxy) is 1. The van der Waals surface area contributed by atoms with E-state index in [9.17, 15) is 38.0 Å². The molecule has 33 heavy (non-hydrogen) atoms. The predicted octanol–water partition coefficient (Wildman–Crippen LogP) is -0.355. The number of rotatable bonds is 9. The Kier molecular flexibility index (Phi) is 8.20. The van der Waals surface area contributed by atoms with Crippen LogP contribution in [0.15, 0.2) is 16.1 Å². The Morgan fingerprint density at radius 2 is 1.88 bits per heavy atom. The van der Waals surface area contributed by atoms with Gasteiger partial charge in [-0.1, -0.05) is 17.3 Å². The first-order chi connectivity index (χ1) is 14.9. The summed E-state index contributed by atoms with van der Waals surface area (Å²) in [5.41, 5.74) is 4.80. The molecule has 1 saturated heterocycles. The Hall–Kier alpha value is -1.37. The van der Waals surface area contributed by atoms with Crippen molar-refractivity contribution in [3.8, 4) is 0 Å². The minimum Gasteiger partial charge on any atom is -0.387 e. The topological polar surface area (TPSA) is 296 Å². The van der Waals surface area contributed by atoms with Gasteiger partial charge in [0, 0.05) is 4.91 Å². The lowest BCUT2D eigenvalue weighted by Crippen LogP contribution is -2.44. The normalized spacial score (nSPS) is 29.1. The number of aromatic amines is 1. The third kappa shape index (κ3) is 6.83. The molecule has 6 atom stereocenters. The number of halogens is 1. The van der Waals surface area contributed by atoms with Crippen LogP contribution in [-0.2, 0) is 31.6 Å². The molecule has 0 spiro atoms. The largest absolute Gasteiger partial charge is 0.490 e. The fourth-order valence-corrected chi connectivity index (χ4v) is 5.61. The van der Waals surface area contributed by atoms with E-state index < -0.39 is 70.4 Å². The molecule has 0 saturated carbocycles. The molecule has 2 rings (SSSR count). The number of hydrogen-bond acceptors (Lipinski definition) is 12. The summed E-state index contributed by atoms with van der Waals surface area (Å²) in [4.78, 5) is 51.8. The number of aliphatic hydroxyl groups is 2. The van der Waals surface area contributed by atoms with Crippen molar-refractivity contribution in [2.75, 3.05) is 6.61 Å². The number of hydrogen-bond donors (Lipinski definition) is 7. The molecule has 1 aliphatic rings. The van der Waals surface area contributed by atoms with Gasteiger partial charge in [-0.2, -0.15) is 8.62 Å². The lowest BCUT2D eigenvalue weighted by Gasteiger charge is -2.27. The van der Waals surface area contributed by atoms with Crippen molar-refractivity contribution in [2.45, 2.75) is 24.2 Å². The highest BCUT2D eigenvalue weighted by atomic mass is 32.1. The van der Waals surface area contributed by atoms with Gasteiger partial charge < -0.3 is 34.5 Å². The van der Waals surface area contributed by atoms with Gasteiger partial charge in [-0.25, -0.2) is 22.9 Å². The number of aromatic nitrogens is 2. The van der Waals surface area contributed by atoms with Crippen LogP contribution >= 0.6 is 35.7 Å². The van der Waals surface area contributed by atoms with Gasteiger partial charge in [-0.15, -0.1) is 0 Å². The molecule has 1 aromatic rings. The summed E-state index contributed by atoms with van der Waals surface area (Å²) in [6.45, 7) is -1.52. The van der Waals surface area contributed by atoms with Crippen LogP contribution in [0.5, 0.6) is 0 Å². The molecule has 4 unspecified atom stereocenters. The van der Waals surface area contributed by atoms with Gasteiger partial charge in [0.25, 0.3) is 0 Å². The first kappa shape index (κ1) is 27.9. The number of phosphoric ester groups is 1. The van der Waals surface area contributed by atoms with Crippen LogP contribution < -0.4 is 5.69 Å². The van der Waals surface area contributed by atoms with Crippen LogP contribution in [0.1, 0.15) is 6.23 Å². The number of nitrogens with zero attached hydrogens (tertiary/aromatic N) is 4. The maximum atomic E-state index is 13.8. The fraction of sp³-hybridized carbons (Fsp3) is 0.556. The molecule has 1 aliphatic heterocycles. The predicted molar refractivity (Wildman–Crippen MR) is 99.7 cm³/mol. The van der Waals surface area contributed by atoms with Gasteiger partial charge in [-0.05, 0) is 5.53 Å². The van der Waals surface area contributed by atoms with Gasteiger partial charge in [0.05, 0.1) is 12.8 Å². The summed E-state index contributed by atoms with van der Waals surface area (Å²) in [5.74, 6) is -1.16. The third-order valence-electron chi connectivity index (χ3n) is 3.67. The second-order valence-electron chi connectivity index (χ2n) is 5.99. The maximum Gasteiger partial charge on any atom is 0.490 e. The highest BCUT2D eigenvalue weighted by molar-refractivity contribution is 7.71. The standard InChI is InChI=1S/C9H13FN5O14P3S/c10-3-1-15(8(18)12-6(3)33)7-4(16)5(17)9(27-7,13-14-11)2-26-31(22,23)29-32(24,25)28-30(19,20)21/h1,4-5,7,16-17H,2H2,(H,22,23)(H,24,25)(H,12,18,33)(H2,19,20,21)/t4-,5?,7+,9?/m0/s1. The average Bonchev–Trinajstić information content (AvgIpc) is 2.86. The molecule has 1 aromatic heterocycles. The minimum absolute atomic E-state index is 0.360. The number of aliphatic hydroxyl groups excluding tert-OH is 2. The van der Waals surface area contributed by atoms with Crippen LogP contribution in [-0.4, -0.2) is 63.9 Å². The molecular weight excluding hydrogens is 546 g/mol. The zero-order valence-electron chi connectivity index (χ0n) is 15.4. The molecule has 0 aliphatic carbocycles. The molecule has 0 radical (unpaired) electrons. The molecule has 19 nitrogen and oxygen atoms in total. The number of nitrogens with one attached hydrogen (secondary N) is 1. The van der Waals surface area contributed by atoms with Gasteiger partial charge in [-0.3, -0.25) is 14.1 Å².